The first-order valence-electron chi connectivity index (χ1n) is 4.57. The van der Waals surface area contributed by atoms with Gasteiger partial charge in [-0.05, 0) is 6.42 Å². The third-order valence-corrected chi connectivity index (χ3v) is 4.11. The molecule has 1 aliphatic heterocycles. The van der Waals surface area contributed by atoms with E-state index in [0.717, 1.165) is 6.42 Å². The molecule has 0 aromatic rings. The maximum Gasteiger partial charge on any atom is 0.278 e. The van der Waals surface area contributed by atoms with Crippen LogP contribution in [0.5, 0.6) is 0 Å². The number of hydrazine groups is 1. The van der Waals surface area contributed by atoms with E-state index < -0.39 is 8.18 Å². The van der Waals surface area contributed by atoms with Crippen LogP contribution in [0.15, 0.2) is 0 Å². The SMILES string of the molecule is O=C(CBr)N(CCBr)N1CCCO[PH]1=O. The number of rotatable bonds is 4. The average Bonchev–Trinajstić information content (AvgIpc) is 2.26. The van der Waals surface area contributed by atoms with E-state index in [0.29, 0.717) is 25.0 Å². The molecule has 0 radical (unpaired) electrons. The van der Waals surface area contributed by atoms with Crippen LogP contribution in [0.4, 0.5) is 0 Å². The molecule has 0 spiro atoms. The van der Waals surface area contributed by atoms with Gasteiger partial charge in [-0.15, -0.1) is 4.78 Å². The first kappa shape index (κ1) is 13.6. The smallest absolute Gasteiger partial charge is 0.278 e. The normalized spacial score (nSPS) is 22.7. The second-order valence-electron chi connectivity index (χ2n) is 2.93. The van der Waals surface area contributed by atoms with Crippen molar-refractivity contribution < 1.29 is 13.9 Å². The summed E-state index contributed by atoms with van der Waals surface area (Å²) in [4.78, 5) is 11.6. The Labute approximate surface area is 106 Å². The molecule has 15 heavy (non-hydrogen) atoms. The van der Waals surface area contributed by atoms with Crippen molar-refractivity contribution in [3.63, 3.8) is 0 Å². The first-order valence-corrected chi connectivity index (χ1v) is 8.08. The highest BCUT2D eigenvalue weighted by Gasteiger charge is 2.27. The summed E-state index contributed by atoms with van der Waals surface area (Å²) in [5.41, 5.74) is 0. The van der Waals surface area contributed by atoms with Crippen LogP contribution < -0.4 is 0 Å². The second-order valence-corrected chi connectivity index (χ2v) is 5.62. The Kier molecular flexibility index (Phi) is 6.38. The van der Waals surface area contributed by atoms with E-state index in [4.69, 9.17) is 4.52 Å². The standard InChI is InChI=1S/C7H13Br2N2O3P/c8-2-4-10(7(12)6-9)11-3-1-5-14-15(11)13/h15H,1-6H2. The highest BCUT2D eigenvalue weighted by molar-refractivity contribution is 9.09. The van der Waals surface area contributed by atoms with Crippen molar-refractivity contribution in [3.05, 3.63) is 0 Å². The third kappa shape index (κ3) is 3.82. The molecule has 0 aliphatic carbocycles. The van der Waals surface area contributed by atoms with Gasteiger partial charge >= 0.3 is 0 Å². The van der Waals surface area contributed by atoms with Crippen LogP contribution in [0.2, 0.25) is 0 Å². The predicted molar refractivity (Wildman–Crippen MR) is 65.6 cm³/mol. The van der Waals surface area contributed by atoms with Crippen LogP contribution in [0.3, 0.4) is 0 Å². The molecular formula is C7H13Br2N2O3P. The zero-order valence-electron chi connectivity index (χ0n) is 8.12. The van der Waals surface area contributed by atoms with Gasteiger partial charge in [-0.1, -0.05) is 31.9 Å². The molecule has 1 aliphatic rings. The number of carbonyl (C=O) groups is 1. The molecule has 1 rings (SSSR count). The van der Waals surface area contributed by atoms with Crippen molar-refractivity contribution in [1.82, 2.24) is 9.79 Å². The molecule has 5 nitrogen and oxygen atoms in total. The average molecular weight is 364 g/mol. The molecule has 0 N–H and O–H groups in total. The van der Waals surface area contributed by atoms with Crippen molar-refractivity contribution >= 4 is 45.9 Å². The van der Waals surface area contributed by atoms with Crippen LogP contribution in [0, 0.1) is 0 Å². The summed E-state index contributed by atoms with van der Waals surface area (Å²) < 4.78 is 18.2. The van der Waals surface area contributed by atoms with Gasteiger partial charge in [-0.25, -0.2) is 0 Å². The van der Waals surface area contributed by atoms with Crippen molar-refractivity contribution in [2.24, 2.45) is 0 Å². The minimum atomic E-state index is -2.26. The topological polar surface area (TPSA) is 49.9 Å². The van der Waals surface area contributed by atoms with Crippen LogP contribution in [-0.2, 0) is 13.9 Å². The Hall–Kier alpha value is 0.580. The lowest BCUT2D eigenvalue weighted by molar-refractivity contribution is -0.139. The first-order chi connectivity index (χ1) is 7.20. The minimum Gasteiger partial charge on any atom is -0.318 e. The van der Waals surface area contributed by atoms with E-state index >= 15 is 0 Å². The highest BCUT2D eigenvalue weighted by atomic mass is 79.9. The monoisotopic (exact) mass is 362 g/mol. The maximum absolute atomic E-state index is 11.6. The zero-order chi connectivity index (χ0) is 11.3. The molecule has 88 valence electrons. The van der Waals surface area contributed by atoms with Gasteiger partial charge in [0.1, 0.15) is 0 Å². The molecular weight excluding hydrogens is 351 g/mol. The lowest BCUT2D eigenvalue weighted by atomic mass is 10.4. The summed E-state index contributed by atoms with van der Waals surface area (Å²) in [5, 5.41) is 2.37. The summed E-state index contributed by atoms with van der Waals surface area (Å²) in [7, 11) is -2.26. The summed E-state index contributed by atoms with van der Waals surface area (Å²) in [6, 6.07) is 0. The molecule has 1 unspecified atom stereocenters. The number of carbonyl (C=O) groups excluding carboxylic acids is 1. The fourth-order valence-electron chi connectivity index (χ4n) is 1.29. The summed E-state index contributed by atoms with van der Waals surface area (Å²) >= 11 is 6.37. The Morgan fingerprint density at radius 1 is 1.53 bits per heavy atom. The van der Waals surface area contributed by atoms with Crippen molar-refractivity contribution in [2.45, 2.75) is 6.42 Å². The Balaban J connectivity index is 2.68. The quantitative estimate of drug-likeness (QED) is 0.562. The van der Waals surface area contributed by atoms with Crippen LogP contribution in [0.25, 0.3) is 0 Å². The van der Waals surface area contributed by atoms with Gasteiger partial charge in [0.25, 0.3) is 8.18 Å². The molecule has 0 aromatic carbocycles. The van der Waals surface area contributed by atoms with E-state index in [1.54, 1.807) is 4.78 Å². The van der Waals surface area contributed by atoms with Crippen LogP contribution >= 0.6 is 40.0 Å². The molecule has 1 fully saturated rings. The number of alkyl halides is 2. The molecule has 0 saturated carbocycles. The number of hydrogen-bond donors (Lipinski definition) is 0. The summed E-state index contributed by atoms with van der Waals surface area (Å²) in [5.74, 6) is -0.0988. The summed E-state index contributed by atoms with van der Waals surface area (Å²) in [6.07, 6.45) is 0.796. The number of hydrogen-bond acceptors (Lipinski definition) is 3. The van der Waals surface area contributed by atoms with Gasteiger partial charge in [-0.2, -0.15) is 0 Å². The number of nitrogens with zero attached hydrogens (tertiary/aromatic N) is 2. The predicted octanol–water partition coefficient (Wildman–Crippen LogP) is 1.63. The number of halogens is 2. The second kappa shape index (κ2) is 7.01. The van der Waals surface area contributed by atoms with Crippen molar-refractivity contribution in [2.75, 3.05) is 30.4 Å². The molecule has 1 saturated heterocycles. The lowest BCUT2D eigenvalue weighted by Crippen LogP contribution is -2.46. The molecule has 1 amide bonds. The summed E-state index contributed by atoms with van der Waals surface area (Å²) in [6.45, 7) is 1.63. The minimum absolute atomic E-state index is 0.0988. The Morgan fingerprint density at radius 2 is 2.27 bits per heavy atom. The zero-order valence-corrected chi connectivity index (χ0v) is 12.3. The van der Waals surface area contributed by atoms with Crippen molar-refractivity contribution in [3.8, 4) is 0 Å². The van der Waals surface area contributed by atoms with Gasteiger partial charge in [0.15, 0.2) is 0 Å². The Morgan fingerprint density at radius 3 is 2.80 bits per heavy atom. The van der Waals surface area contributed by atoms with Gasteiger partial charge < -0.3 is 4.52 Å². The largest absolute Gasteiger partial charge is 0.318 e. The Bertz CT molecular complexity index is 254. The van der Waals surface area contributed by atoms with E-state index in [1.807, 2.05) is 0 Å². The van der Waals surface area contributed by atoms with E-state index in [1.165, 1.54) is 5.01 Å². The fourth-order valence-corrected chi connectivity index (χ4v) is 3.13. The van der Waals surface area contributed by atoms with E-state index in [9.17, 15) is 9.36 Å². The molecule has 0 aromatic heterocycles. The molecule has 0 bridgehead atoms. The lowest BCUT2D eigenvalue weighted by Gasteiger charge is -2.35. The molecule has 8 heteroatoms. The molecule has 1 atom stereocenters. The molecule has 1 heterocycles. The third-order valence-electron chi connectivity index (χ3n) is 1.94. The fraction of sp³-hybridized carbons (Fsp3) is 0.857. The number of amides is 1. The van der Waals surface area contributed by atoms with Crippen molar-refractivity contribution in [1.29, 1.82) is 0 Å². The van der Waals surface area contributed by atoms with Crippen LogP contribution in [-0.4, -0.2) is 46.1 Å². The van der Waals surface area contributed by atoms with Gasteiger partial charge in [-0.3, -0.25) is 14.4 Å². The van der Waals surface area contributed by atoms with E-state index in [2.05, 4.69) is 31.9 Å². The highest BCUT2D eigenvalue weighted by Crippen LogP contribution is 2.34. The maximum atomic E-state index is 11.6. The van der Waals surface area contributed by atoms with Gasteiger partial charge in [0.05, 0.1) is 11.9 Å². The van der Waals surface area contributed by atoms with E-state index in [-0.39, 0.29) is 11.2 Å². The van der Waals surface area contributed by atoms with Crippen LogP contribution in [0.1, 0.15) is 6.42 Å². The van der Waals surface area contributed by atoms with Gasteiger partial charge in [0.2, 0.25) is 5.91 Å². The van der Waals surface area contributed by atoms with Gasteiger partial charge in [0, 0.05) is 18.4 Å².